The van der Waals surface area contributed by atoms with Crippen molar-refractivity contribution in [1.29, 1.82) is 0 Å². The van der Waals surface area contributed by atoms with Crippen molar-refractivity contribution in [3.63, 3.8) is 0 Å². The largest absolute Gasteiger partial charge is 0.392 e. The molecule has 2 N–H and O–H groups in total. The Morgan fingerprint density at radius 2 is 2.06 bits per heavy atom. The summed E-state index contributed by atoms with van der Waals surface area (Å²) in [5.41, 5.74) is 5.61. The number of thiazole rings is 1. The van der Waals surface area contributed by atoms with Crippen molar-refractivity contribution in [2.75, 3.05) is 31.1 Å². The van der Waals surface area contributed by atoms with Crippen LogP contribution in [0.2, 0.25) is 0 Å². The van der Waals surface area contributed by atoms with E-state index in [1.807, 2.05) is 5.38 Å². The zero-order valence-corrected chi connectivity index (χ0v) is 13.7. The van der Waals surface area contributed by atoms with Crippen molar-refractivity contribution in [3.8, 4) is 0 Å². The van der Waals surface area contributed by atoms with Gasteiger partial charge in [0.05, 0.1) is 10.5 Å². The highest BCUT2D eigenvalue weighted by Gasteiger charge is 2.32. The fraction of sp³-hybridized carbons (Fsp3) is 0.636. The van der Waals surface area contributed by atoms with Gasteiger partial charge < -0.3 is 10.6 Å². The molecule has 0 bridgehead atoms. The van der Waals surface area contributed by atoms with Crippen LogP contribution in [-0.4, -0.2) is 46.6 Å². The Labute approximate surface area is 125 Å². The average Bonchev–Trinajstić information content (AvgIpc) is 2.76. The summed E-state index contributed by atoms with van der Waals surface area (Å²) in [6.07, 6.45) is 0. The molecule has 0 saturated carbocycles. The molecule has 100 valence electrons. The van der Waals surface area contributed by atoms with E-state index in [4.69, 9.17) is 18.0 Å². The number of nitrogens with two attached hydrogens (primary N) is 1. The van der Waals surface area contributed by atoms with Crippen molar-refractivity contribution >= 4 is 49.6 Å². The third-order valence-corrected chi connectivity index (χ3v) is 5.52. The molecule has 1 saturated heterocycles. The SMILES string of the molecule is CC(C)(C(N)=S)N1CCN(c2nc(Br)cs2)CC1. The van der Waals surface area contributed by atoms with Gasteiger partial charge in [0, 0.05) is 31.6 Å². The second-order valence-corrected chi connectivity index (χ2v) is 6.94. The van der Waals surface area contributed by atoms with E-state index in [9.17, 15) is 0 Å². The maximum Gasteiger partial charge on any atom is 0.186 e. The summed E-state index contributed by atoms with van der Waals surface area (Å²) >= 11 is 10.2. The van der Waals surface area contributed by atoms with Crippen LogP contribution in [0.1, 0.15) is 13.8 Å². The van der Waals surface area contributed by atoms with Crippen LogP contribution in [0.4, 0.5) is 5.13 Å². The highest BCUT2D eigenvalue weighted by atomic mass is 79.9. The van der Waals surface area contributed by atoms with E-state index >= 15 is 0 Å². The molecule has 1 aliphatic heterocycles. The minimum Gasteiger partial charge on any atom is -0.392 e. The number of aromatic nitrogens is 1. The molecule has 2 heterocycles. The second-order valence-electron chi connectivity index (χ2n) is 4.85. The lowest BCUT2D eigenvalue weighted by molar-refractivity contribution is 0.168. The maximum absolute atomic E-state index is 5.81. The molecule has 4 nitrogen and oxygen atoms in total. The standard InChI is InChI=1S/C11H17BrN4S2/c1-11(2,9(13)17)16-5-3-15(4-6-16)10-14-8(12)7-18-10/h7H,3-6H2,1-2H3,(H2,13,17). The molecule has 0 aromatic carbocycles. The zero-order chi connectivity index (χ0) is 13.3. The molecule has 1 aromatic rings. The smallest absolute Gasteiger partial charge is 0.186 e. The normalized spacial score (nSPS) is 18.1. The predicted octanol–water partition coefficient (Wildman–Crippen LogP) is 2.09. The van der Waals surface area contributed by atoms with Gasteiger partial charge in [0.2, 0.25) is 0 Å². The van der Waals surface area contributed by atoms with E-state index in [0.717, 1.165) is 35.9 Å². The Balaban J connectivity index is 1.98. The van der Waals surface area contributed by atoms with Gasteiger partial charge in [-0.05, 0) is 29.8 Å². The van der Waals surface area contributed by atoms with Crippen molar-refractivity contribution in [3.05, 3.63) is 9.98 Å². The number of nitrogens with zero attached hydrogens (tertiary/aromatic N) is 3. The Bertz CT molecular complexity index is 438. The van der Waals surface area contributed by atoms with E-state index in [1.165, 1.54) is 0 Å². The molecule has 0 amide bonds. The third kappa shape index (κ3) is 2.84. The number of hydrogen-bond acceptors (Lipinski definition) is 5. The van der Waals surface area contributed by atoms with Gasteiger partial charge in [-0.2, -0.15) is 0 Å². The van der Waals surface area contributed by atoms with E-state index in [2.05, 4.69) is 44.6 Å². The number of piperazine rings is 1. The zero-order valence-electron chi connectivity index (χ0n) is 10.5. The molecule has 18 heavy (non-hydrogen) atoms. The van der Waals surface area contributed by atoms with Crippen molar-refractivity contribution < 1.29 is 0 Å². The van der Waals surface area contributed by atoms with Crippen LogP contribution in [0, 0.1) is 0 Å². The summed E-state index contributed by atoms with van der Waals surface area (Å²) in [6, 6.07) is 0. The Morgan fingerprint density at radius 1 is 1.44 bits per heavy atom. The van der Waals surface area contributed by atoms with E-state index in [1.54, 1.807) is 11.3 Å². The van der Waals surface area contributed by atoms with Gasteiger partial charge >= 0.3 is 0 Å². The van der Waals surface area contributed by atoms with E-state index < -0.39 is 0 Å². The van der Waals surface area contributed by atoms with Gasteiger partial charge in [0.25, 0.3) is 0 Å². The van der Waals surface area contributed by atoms with Crippen molar-refractivity contribution in [2.24, 2.45) is 5.73 Å². The van der Waals surface area contributed by atoms with Gasteiger partial charge in [-0.1, -0.05) is 12.2 Å². The fourth-order valence-electron chi connectivity index (χ4n) is 2.00. The van der Waals surface area contributed by atoms with Gasteiger partial charge in [-0.15, -0.1) is 11.3 Å². The van der Waals surface area contributed by atoms with E-state index in [-0.39, 0.29) is 5.54 Å². The highest BCUT2D eigenvalue weighted by Crippen LogP contribution is 2.26. The Hall–Kier alpha value is -0.240. The summed E-state index contributed by atoms with van der Waals surface area (Å²) in [6.45, 7) is 8.02. The number of hydrogen-bond donors (Lipinski definition) is 1. The third-order valence-electron chi connectivity index (χ3n) is 3.41. The molecule has 7 heteroatoms. The molecule has 1 aromatic heterocycles. The van der Waals surface area contributed by atoms with Crippen LogP contribution < -0.4 is 10.6 Å². The van der Waals surface area contributed by atoms with Crippen LogP contribution in [0.25, 0.3) is 0 Å². The number of rotatable bonds is 3. The first-order valence-corrected chi connectivity index (χ1v) is 7.90. The maximum atomic E-state index is 5.81. The lowest BCUT2D eigenvalue weighted by Crippen LogP contribution is -2.59. The summed E-state index contributed by atoms with van der Waals surface area (Å²) in [5, 5.41) is 3.09. The predicted molar refractivity (Wildman–Crippen MR) is 84.5 cm³/mol. The second kappa shape index (κ2) is 5.40. The van der Waals surface area contributed by atoms with Crippen LogP contribution in [0.15, 0.2) is 9.98 Å². The van der Waals surface area contributed by atoms with Crippen molar-refractivity contribution in [2.45, 2.75) is 19.4 Å². The van der Waals surface area contributed by atoms with Gasteiger partial charge in [-0.25, -0.2) is 4.98 Å². The van der Waals surface area contributed by atoms with Crippen LogP contribution in [0.5, 0.6) is 0 Å². The molecular weight excluding hydrogens is 332 g/mol. The minimum absolute atomic E-state index is 0.203. The molecule has 0 spiro atoms. The Kier molecular flexibility index (Phi) is 4.25. The first kappa shape index (κ1) is 14.2. The number of thiocarbonyl (C=S) groups is 1. The molecular formula is C11H17BrN4S2. The van der Waals surface area contributed by atoms with E-state index in [0.29, 0.717) is 4.99 Å². The van der Waals surface area contributed by atoms with Crippen LogP contribution in [0.3, 0.4) is 0 Å². The molecule has 0 atom stereocenters. The van der Waals surface area contributed by atoms with Crippen molar-refractivity contribution in [1.82, 2.24) is 9.88 Å². The first-order valence-electron chi connectivity index (χ1n) is 5.82. The minimum atomic E-state index is -0.203. The highest BCUT2D eigenvalue weighted by molar-refractivity contribution is 9.10. The molecule has 0 unspecified atom stereocenters. The summed E-state index contributed by atoms with van der Waals surface area (Å²) in [5.74, 6) is 0. The monoisotopic (exact) mass is 348 g/mol. The summed E-state index contributed by atoms with van der Waals surface area (Å²) in [7, 11) is 0. The Morgan fingerprint density at radius 3 is 2.50 bits per heavy atom. The summed E-state index contributed by atoms with van der Waals surface area (Å²) in [4.78, 5) is 9.66. The topological polar surface area (TPSA) is 45.4 Å². The molecule has 1 aliphatic rings. The fourth-order valence-corrected chi connectivity index (χ4v) is 3.44. The van der Waals surface area contributed by atoms with Crippen LogP contribution in [-0.2, 0) is 0 Å². The molecule has 2 rings (SSSR count). The van der Waals surface area contributed by atoms with Crippen LogP contribution >= 0.6 is 39.5 Å². The molecule has 1 fully saturated rings. The lowest BCUT2D eigenvalue weighted by Gasteiger charge is -2.43. The summed E-state index contributed by atoms with van der Waals surface area (Å²) < 4.78 is 0.911. The first-order chi connectivity index (χ1) is 8.41. The van der Waals surface area contributed by atoms with Gasteiger partial charge in [0.1, 0.15) is 4.60 Å². The number of anilines is 1. The lowest BCUT2D eigenvalue weighted by atomic mass is 10.0. The molecule has 0 aliphatic carbocycles. The molecule has 0 radical (unpaired) electrons. The van der Waals surface area contributed by atoms with Gasteiger partial charge in [0.15, 0.2) is 5.13 Å². The number of halogens is 1. The quantitative estimate of drug-likeness (QED) is 0.847. The average molecular weight is 349 g/mol. The van der Waals surface area contributed by atoms with Gasteiger partial charge in [-0.3, -0.25) is 4.90 Å².